The molecule has 0 aromatic heterocycles. The van der Waals surface area contributed by atoms with Crippen molar-refractivity contribution in [1.29, 1.82) is 0 Å². The van der Waals surface area contributed by atoms with Gasteiger partial charge in [-0.25, -0.2) is 0 Å². The number of aldehydes is 2. The van der Waals surface area contributed by atoms with Crippen molar-refractivity contribution in [3.05, 3.63) is 0 Å². The van der Waals surface area contributed by atoms with E-state index in [0.717, 1.165) is 0 Å². The maximum Gasteiger partial charge on any atom is 0.151 e. The van der Waals surface area contributed by atoms with Crippen LogP contribution in [0.5, 0.6) is 0 Å². The van der Waals surface area contributed by atoms with Gasteiger partial charge in [0.25, 0.3) is 0 Å². The first-order chi connectivity index (χ1) is 10.0. The third kappa shape index (κ3) is 8.46. The first-order valence-corrected chi connectivity index (χ1v) is 6.36. The van der Waals surface area contributed by atoms with Gasteiger partial charge in [-0.1, -0.05) is 0 Å². The van der Waals surface area contributed by atoms with Gasteiger partial charge in [0, 0.05) is 0 Å². The van der Waals surface area contributed by atoms with Crippen LogP contribution in [0.25, 0.3) is 0 Å². The van der Waals surface area contributed by atoms with Crippen LogP contribution in [-0.4, -0.2) is 102 Å². The minimum absolute atomic E-state index is 0.0935. The zero-order chi connectivity index (χ0) is 18.0. The van der Waals surface area contributed by atoms with Crippen LogP contribution in [-0.2, 0) is 9.59 Å². The molecule has 0 radical (unpaired) electrons. The molecule has 132 valence electrons. The summed E-state index contributed by atoms with van der Waals surface area (Å²) in [7, 11) is 0. The fourth-order valence-electron chi connectivity index (χ4n) is 1.14. The molecule has 0 saturated carbocycles. The lowest BCUT2D eigenvalue weighted by atomic mass is 10.1. The van der Waals surface area contributed by atoms with Gasteiger partial charge >= 0.3 is 0 Å². The summed E-state index contributed by atoms with van der Waals surface area (Å²) in [4.78, 5) is 19.7. The van der Waals surface area contributed by atoms with Crippen molar-refractivity contribution < 1.29 is 50.4 Å². The Morgan fingerprint density at radius 2 is 0.773 bits per heavy atom. The van der Waals surface area contributed by atoms with Gasteiger partial charge in [-0.3, -0.25) is 0 Å². The quantitative estimate of drug-likeness (QED) is 0.200. The molecule has 0 aliphatic rings. The van der Waals surface area contributed by atoms with Crippen LogP contribution in [0, 0.1) is 0 Å². The molecule has 0 rings (SSSR count). The highest BCUT2D eigenvalue weighted by Gasteiger charge is 2.28. The molecule has 0 aromatic rings. The third-order valence-corrected chi connectivity index (χ3v) is 2.67. The second-order valence-corrected chi connectivity index (χ2v) is 4.70. The summed E-state index contributed by atoms with van der Waals surface area (Å²) in [6.45, 7) is 2.48. The molecule has 10 nitrogen and oxygen atoms in total. The fourth-order valence-corrected chi connectivity index (χ4v) is 1.14. The summed E-state index contributed by atoms with van der Waals surface area (Å²) in [6.07, 6.45) is -11.8. The maximum atomic E-state index is 9.87. The lowest BCUT2D eigenvalue weighted by Gasteiger charge is -2.21. The first-order valence-electron chi connectivity index (χ1n) is 6.36. The zero-order valence-corrected chi connectivity index (χ0v) is 12.2. The molecule has 0 spiro atoms. The number of hydrogen-bond acceptors (Lipinski definition) is 10. The Bertz CT molecular complexity index is 278. The standard InChI is InChI=1S/2C6H12O5/c2*1-3(8)5(10)6(11)4(9)2-7/h2*2-6,8-11H,1H3/t2*3-,4+,5+,6-/m10/s1. The van der Waals surface area contributed by atoms with Gasteiger partial charge in [-0.05, 0) is 13.8 Å². The molecule has 22 heavy (non-hydrogen) atoms. The van der Waals surface area contributed by atoms with Gasteiger partial charge in [0.1, 0.15) is 36.6 Å². The topological polar surface area (TPSA) is 196 Å². The Labute approximate surface area is 126 Å². The first kappa shape index (κ1) is 23.3. The lowest BCUT2D eigenvalue weighted by molar-refractivity contribution is -0.132. The number of rotatable bonds is 8. The molecular weight excluding hydrogens is 304 g/mol. The van der Waals surface area contributed by atoms with Gasteiger partial charge in [0.2, 0.25) is 0 Å². The number of aliphatic hydroxyl groups excluding tert-OH is 8. The second kappa shape index (κ2) is 11.6. The van der Waals surface area contributed by atoms with E-state index < -0.39 is 48.8 Å². The Balaban J connectivity index is 0. The summed E-state index contributed by atoms with van der Waals surface area (Å²) >= 11 is 0. The summed E-state index contributed by atoms with van der Waals surface area (Å²) in [6, 6.07) is 0. The average Bonchev–Trinajstić information content (AvgIpc) is 2.50. The van der Waals surface area contributed by atoms with Crippen molar-refractivity contribution in [2.75, 3.05) is 0 Å². The molecule has 8 atom stereocenters. The molecule has 0 aliphatic heterocycles. The van der Waals surface area contributed by atoms with Crippen LogP contribution >= 0.6 is 0 Å². The molecular formula is C12H24O10. The lowest BCUT2D eigenvalue weighted by Crippen LogP contribution is -2.43. The molecule has 8 N–H and O–H groups in total. The van der Waals surface area contributed by atoms with E-state index in [1.165, 1.54) is 13.8 Å². The highest BCUT2D eigenvalue weighted by atomic mass is 16.4. The van der Waals surface area contributed by atoms with Crippen LogP contribution in [0.15, 0.2) is 0 Å². The molecule has 0 aliphatic carbocycles. The van der Waals surface area contributed by atoms with E-state index in [2.05, 4.69) is 0 Å². The minimum atomic E-state index is -1.65. The predicted octanol–water partition coefficient (Wildman–Crippen LogP) is -4.70. The molecule has 0 saturated heterocycles. The fraction of sp³-hybridized carbons (Fsp3) is 0.833. The Morgan fingerprint density at radius 1 is 0.545 bits per heavy atom. The van der Waals surface area contributed by atoms with Gasteiger partial charge < -0.3 is 50.4 Å². The number of carbonyl (C=O) groups is 2. The van der Waals surface area contributed by atoms with Gasteiger partial charge in [0.15, 0.2) is 12.6 Å². The second-order valence-electron chi connectivity index (χ2n) is 4.70. The molecule has 10 heteroatoms. The summed E-state index contributed by atoms with van der Waals surface area (Å²) in [5.41, 5.74) is 0. The largest absolute Gasteiger partial charge is 0.391 e. The third-order valence-electron chi connectivity index (χ3n) is 2.67. The Hall–Kier alpha value is -0.980. The average molecular weight is 328 g/mol. The van der Waals surface area contributed by atoms with Gasteiger partial charge in [-0.2, -0.15) is 0 Å². The van der Waals surface area contributed by atoms with Crippen LogP contribution in [0.1, 0.15) is 13.8 Å². The van der Waals surface area contributed by atoms with E-state index >= 15 is 0 Å². The Kier molecular flexibility index (Phi) is 12.2. The molecule has 0 aromatic carbocycles. The van der Waals surface area contributed by atoms with E-state index in [1.807, 2.05) is 0 Å². The summed E-state index contributed by atoms with van der Waals surface area (Å²) in [5, 5.41) is 70.2. The number of carbonyl (C=O) groups excluding carboxylic acids is 2. The van der Waals surface area contributed by atoms with Crippen molar-refractivity contribution in [1.82, 2.24) is 0 Å². The van der Waals surface area contributed by atoms with Crippen LogP contribution in [0.3, 0.4) is 0 Å². The number of aliphatic hydroxyl groups is 8. The SMILES string of the molecule is C[C@@H](O)[C@H](O)[C@H](O)[C@@H](O)C=O.C[C@H](O)[C@@H](O)[C@@H](O)[C@H](O)C=O. The van der Waals surface area contributed by atoms with Gasteiger partial charge in [-0.15, -0.1) is 0 Å². The van der Waals surface area contributed by atoms with Crippen molar-refractivity contribution in [2.24, 2.45) is 0 Å². The van der Waals surface area contributed by atoms with Gasteiger partial charge in [0.05, 0.1) is 12.2 Å². The van der Waals surface area contributed by atoms with Crippen molar-refractivity contribution >= 4 is 12.6 Å². The van der Waals surface area contributed by atoms with Crippen molar-refractivity contribution in [3.63, 3.8) is 0 Å². The minimum Gasteiger partial charge on any atom is -0.391 e. The summed E-state index contributed by atoms with van der Waals surface area (Å²) in [5.74, 6) is 0. The monoisotopic (exact) mass is 328 g/mol. The zero-order valence-electron chi connectivity index (χ0n) is 12.2. The molecule has 0 unspecified atom stereocenters. The summed E-state index contributed by atoms with van der Waals surface area (Å²) < 4.78 is 0. The van der Waals surface area contributed by atoms with E-state index in [1.54, 1.807) is 0 Å². The van der Waals surface area contributed by atoms with Crippen LogP contribution in [0.4, 0.5) is 0 Å². The normalized spacial score (nSPS) is 21.9. The molecule has 0 fully saturated rings. The number of hydrogen-bond donors (Lipinski definition) is 8. The maximum absolute atomic E-state index is 9.87. The Morgan fingerprint density at radius 3 is 0.909 bits per heavy atom. The van der Waals surface area contributed by atoms with E-state index in [4.69, 9.17) is 40.9 Å². The van der Waals surface area contributed by atoms with E-state index in [-0.39, 0.29) is 12.6 Å². The van der Waals surface area contributed by atoms with E-state index in [0.29, 0.717) is 0 Å². The highest BCUT2D eigenvalue weighted by molar-refractivity contribution is 5.57. The van der Waals surface area contributed by atoms with Crippen LogP contribution in [0.2, 0.25) is 0 Å². The highest BCUT2D eigenvalue weighted by Crippen LogP contribution is 2.03. The smallest absolute Gasteiger partial charge is 0.151 e. The van der Waals surface area contributed by atoms with E-state index in [9.17, 15) is 9.59 Å². The molecule has 0 amide bonds. The van der Waals surface area contributed by atoms with Crippen molar-refractivity contribution in [2.45, 2.75) is 62.7 Å². The van der Waals surface area contributed by atoms with Crippen molar-refractivity contribution in [3.8, 4) is 0 Å². The molecule has 0 bridgehead atoms. The predicted molar refractivity (Wildman–Crippen MR) is 71.5 cm³/mol. The van der Waals surface area contributed by atoms with Crippen LogP contribution < -0.4 is 0 Å². The molecule has 0 heterocycles.